The SMILES string of the molecule is C.C=C(C)C(=O)OCC(COCCCC)OC(=O)C(=C)C.C=C1CC(=O)N(CCCC)C1=O.CCCCN1C(=O)C=CC1=O. The Morgan fingerprint density at radius 3 is 1.75 bits per heavy atom. The maximum Gasteiger partial charge on any atom is 0.333 e. The van der Waals surface area contributed by atoms with E-state index in [9.17, 15) is 28.8 Å². The summed E-state index contributed by atoms with van der Waals surface area (Å²) in [6, 6.07) is 0. The molecule has 0 N–H and O–H groups in total. The molecule has 1 fully saturated rings. The minimum absolute atomic E-state index is 0. The van der Waals surface area contributed by atoms with Crippen LogP contribution >= 0.6 is 0 Å². The predicted molar refractivity (Wildman–Crippen MR) is 169 cm³/mol. The number of rotatable bonds is 16. The highest BCUT2D eigenvalue weighted by atomic mass is 16.6. The molecule has 0 saturated carbocycles. The lowest BCUT2D eigenvalue weighted by atomic mass is 10.3. The minimum Gasteiger partial charge on any atom is -0.458 e. The molecule has 2 heterocycles. The molecule has 11 heteroatoms. The number of carbonyl (C=O) groups excluding carboxylic acids is 6. The lowest BCUT2D eigenvalue weighted by molar-refractivity contribution is -0.157. The molecule has 0 spiro atoms. The molecule has 4 amide bonds. The third-order valence-corrected chi connectivity index (χ3v) is 5.90. The number of hydrogen-bond acceptors (Lipinski definition) is 9. The van der Waals surface area contributed by atoms with E-state index in [0.717, 1.165) is 38.5 Å². The Hall–Kier alpha value is -3.86. The summed E-state index contributed by atoms with van der Waals surface area (Å²) < 4.78 is 15.5. The topological polar surface area (TPSA) is 137 Å². The van der Waals surface area contributed by atoms with Crippen molar-refractivity contribution in [3.05, 3.63) is 48.6 Å². The molecule has 0 aliphatic carbocycles. The molecular weight excluding hydrogens is 568 g/mol. The molecular formula is C33H52N2O9. The second-order valence-corrected chi connectivity index (χ2v) is 10.1. The molecule has 0 aromatic rings. The Labute approximate surface area is 262 Å². The van der Waals surface area contributed by atoms with Crippen LogP contribution in [0.4, 0.5) is 0 Å². The molecule has 0 bridgehead atoms. The van der Waals surface area contributed by atoms with Crippen molar-refractivity contribution in [3.8, 4) is 0 Å². The zero-order valence-corrected chi connectivity index (χ0v) is 26.4. The van der Waals surface area contributed by atoms with Crippen molar-refractivity contribution in [2.45, 2.75) is 93.1 Å². The van der Waals surface area contributed by atoms with E-state index in [-0.39, 0.29) is 56.3 Å². The van der Waals surface area contributed by atoms with Gasteiger partial charge in [-0.1, -0.05) is 67.2 Å². The molecule has 1 unspecified atom stereocenters. The van der Waals surface area contributed by atoms with Gasteiger partial charge in [0.25, 0.3) is 17.7 Å². The van der Waals surface area contributed by atoms with Crippen LogP contribution in [0, 0.1) is 0 Å². The number of amides is 4. The van der Waals surface area contributed by atoms with Gasteiger partial charge in [-0.3, -0.25) is 29.0 Å². The van der Waals surface area contributed by atoms with E-state index in [1.54, 1.807) is 13.8 Å². The van der Waals surface area contributed by atoms with Gasteiger partial charge < -0.3 is 14.2 Å². The van der Waals surface area contributed by atoms with Gasteiger partial charge in [-0.15, -0.1) is 0 Å². The van der Waals surface area contributed by atoms with Gasteiger partial charge in [-0.05, 0) is 33.1 Å². The summed E-state index contributed by atoms with van der Waals surface area (Å²) in [5.41, 5.74) is 1.01. The number of hydrogen-bond donors (Lipinski definition) is 0. The monoisotopic (exact) mass is 620 g/mol. The highest BCUT2D eigenvalue weighted by Gasteiger charge is 2.31. The van der Waals surface area contributed by atoms with E-state index < -0.39 is 18.0 Å². The first-order chi connectivity index (χ1) is 20.3. The van der Waals surface area contributed by atoms with Crippen molar-refractivity contribution in [3.63, 3.8) is 0 Å². The third-order valence-electron chi connectivity index (χ3n) is 5.90. The number of nitrogens with zero attached hydrogens (tertiary/aromatic N) is 2. The molecule has 0 aromatic heterocycles. The maximum absolute atomic E-state index is 11.5. The minimum atomic E-state index is -0.639. The summed E-state index contributed by atoms with van der Waals surface area (Å²) in [6.07, 6.45) is 7.90. The molecule has 248 valence electrons. The fourth-order valence-electron chi connectivity index (χ4n) is 3.29. The van der Waals surface area contributed by atoms with Crippen LogP contribution in [0.2, 0.25) is 0 Å². The lowest BCUT2D eigenvalue weighted by Crippen LogP contribution is -2.30. The van der Waals surface area contributed by atoms with E-state index in [2.05, 4.69) is 26.7 Å². The lowest BCUT2D eigenvalue weighted by Gasteiger charge is -2.18. The van der Waals surface area contributed by atoms with Crippen LogP contribution in [0.15, 0.2) is 48.6 Å². The largest absolute Gasteiger partial charge is 0.458 e. The summed E-state index contributed by atoms with van der Waals surface area (Å²) in [4.78, 5) is 69.6. The summed E-state index contributed by atoms with van der Waals surface area (Å²) in [7, 11) is 0. The van der Waals surface area contributed by atoms with Crippen molar-refractivity contribution in [2.24, 2.45) is 0 Å². The first-order valence-corrected chi connectivity index (χ1v) is 14.6. The number of imide groups is 2. The van der Waals surface area contributed by atoms with Crippen LogP contribution in [0.3, 0.4) is 0 Å². The molecule has 0 radical (unpaired) electrons. The second-order valence-electron chi connectivity index (χ2n) is 10.1. The number of esters is 2. The third kappa shape index (κ3) is 16.7. The average Bonchev–Trinajstić information content (AvgIpc) is 3.41. The predicted octanol–water partition coefficient (Wildman–Crippen LogP) is 4.86. The number of likely N-dealkylation sites (tertiary alicyclic amines) is 1. The molecule has 2 rings (SSSR count). The Kier molecular flexibility index (Phi) is 22.7. The Balaban J connectivity index is 0. The first-order valence-electron chi connectivity index (χ1n) is 14.6. The van der Waals surface area contributed by atoms with Crippen LogP contribution in [0.5, 0.6) is 0 Å². The second kappa shape index (κ2) is 23.6. The van der Waals surface area contributed by atoms with Crippen LogP contribution < -0.4 is 0 Å². The zero-order valence-electron chi connectivity index (χ0n) is 26.4. The highest BCUT2D eigenvalue weighted by molar-refractivity contribution is 6.13. The molecule has 1 saturated heterocycles. The molecule has 1 atom stereocenters. The fraction of sp³-hybridized carbons (Fsp3) is 0.576. The van der Waals surface area contributed by atoms with Gasteiger partial charge in [0.15, 0.2) is 6.10 Å². The maximum atomic E-state index is 11.5. The van der Waals surface area contributed by atoms with E-state index in [0.29, 0.717) is 30.8 Å². The average molecular weight is 621 g/mol. The van der Waals surface area contributed by atoms with E-state index in [4.69, 9.17) is 14.2 Å². The van der Waals surface area contributed by atoms with Crippen LogP contribution in [0.1, 0.15) is 87.0 Å². The molecule has 44 heavy (non-hydrogen) atoms. The zero-order chi connectivity index (χ0) is 32.9. The van der Waals surface area contributed by atoms with Crippen molar-refractivity contribution in [2.75, 3.05) is 32.9 Å². The smallest absolute Gasteiger partial charge is 0.333 e. The standard InChI is InChI=1S/C15H24O5.C9H13NO2.C8H11NO2.CH4/c1-6-7-8-18-9-13(20-15(17)12(4)5)10-19-14(16)11(2)3;1-3-4-5-10-8(11)6-7(2)9(10)12;1-2-3-6-9-7(10)4-5-8(9)11;/h13H,2,4,6-10H2,1,3,5H3;2-6H2,1H3;4-5H,2-3,6H2,1H3;1H4. The highest BCUT2D eigenvalue weighted by Crippen LogP contribution is 2.16. The van der Waals surface area contributed by atoms with Crippen LogP contribution in [0.25, 0.3) is 0 Å². The van der Waals surface area contributed by atoms with Gasteiger partial charge in [-0.25, -0.2) is 9.59 Å². The molecule has 2 aliphatic heterocycles. The Morgan fingerprint density at radius 1 is 0.818 bits per heavy atom. The quantitative estimate of drug-likeness (QED) is 0.103. The number of unbranched alkanes of at least 4 members (excludes halogenated alkanes) is 3. The van der Waals surface area contributed by atoms with Gasteiger partial charge in [0.05, 0.1) is 13.0 Å². The van der Waals surface area contributed by atoms with Crippen molar-refractivity contribution in [1.82, 2.24) is 9.80 Å². The molecule has 11 nitrogen and oxygen atoms in total. The van der Waals surface area contributed by atoms with E-state index in [1.165, 1.54) is 22.0 Å². The summed E-state index contributed by atoms with van der Waals surface area (Å²) in [5.74, 6) is -1.69. The molecule has 0 aromatic carbocycles. The van der Waals surface area contributed by atoms with Gasteiger partial charge in [-0.2, -0.15) is 0 Å². The normalized spacial score (nSPS) is 14.2. The summed E-state index contributed by atoms with van der Waals surface area (Å²) in [6.45, 7) is 21.5. The van der Waals surface area contributed by atoms with E-state index in [1.807, 2.05) is 13.8 Å². The van der Waals surface area contributed by atoms with E-state index >= 15 is 0 Å². The van der Waals surface area contributed by atoms with Gasteiger partial charge in [0.1, 0.15) is 6.61 Å². The van der Waals surface area contributed by atoms with Crippen molar-refractivity contribution < 1.29 is 43.0 Å². The van der Waals surface area contributed by atoms with Crippen molar-refractivity contribution >= 4 is 35.6 Å². The van der Waals surface area contributed by atoms with Gasteiger partial charge in [0, 0.05) is 48.6 Å². The fourth-order valence-corrected chi connectivity index (χ4v) is 3.29. The first kappa shape index (κ1) is 42.3. The molecule has 2 aliphatic rings. The van der Waals surface area contributed by atoms with Gasteiger partial charge >= 0.3 is 11.9 Å². The summed E-state index contributed by atoms with van der Waals surface area (Å²) >= 11 is 0. The number of carbonyl (C=O) groups is 6. The van der Waals surface area contributed by atoms with Gasteiger partial charge in [0.2, 0.25) is 5.91 Å². The number of ether oxygens (including phenoxy) is 3. The summed E-state index contributed by atoms with van der Waals surface area (Å²) in [5, 5.41) is 0. The van der Waals surface area contributed by atoms with Crippen LogP contribution in [-0.2, 0) is 43.0 Å². The Bertz CT molecular complexity index is 1040. The van der Waals surface area contributed by atoms with Crippen molar-refractivity contribution in [1.29, 1.82) is 0 Å². The Morgan fingerprint density at radius 2 is 1.32 bits per heavy atom. The van der Waals surface area contributed by atoms with Crippen LogP contribution in [-0.4, -0.2) is 84.4 Å².